The van der Waals surface area contributed by atoms with Crippen molar-refractivity contribution in [3.05, 3.63) is 0 Å². The van der Waals surface area contributed by atoms with Crippen molar-refractivity contribution in [1.82, 2.24) is 5.32 Å². The third-order valence-electron chi connectivity index (χ3n) is 6.10. The molecule has 1 amide bonds. The van der Waals surface area contributed by atoms with Gasteiger partial charge in [0, 0.05) is 33.2 Å². The Labute approximate surface area is 220 Å². The van der Waals surface area contributed by atoms with E-state index in [0.717, 1.165) is 32.1 Å². The van der Waals surface area contributed by atoms with Gasteiger partial charge in [-0.3, -0.25) is 9.59 Å². The molecule has 0 saturated carbocycles. The Bertz CT molecular complexity index is 656. The van der Waals surface area contributed by atoms with Gasteiger partial charge in [0.05, 0.1) is 19.3 Å². The average Bonchev–Trinajstić information content (AvgIpc) is 2.83. The van der Waals surface area contributed by atoms with Crippen molar-refractivity contribution in [2.75, 3.05) is 33.0 Å². The van der Waals surface area contributed by atoms with Crippen molar-refractivity contribution < 1.29 is 42.1 Å². The maximum atomic E-state index is 15.8. The number of amides is 1. The summed E-state index contributed by atoms with van der Waals surface area (Å²) < 4.78 is 60.3. The summed E-state index contributed by atoms with van der Waals surface area (Å²) in [5, 5.41) is 2.61. The van der Waals surface area contributed by atoms with Crippen molar-refractivity contribution in [2.45, 2.75) is 122 Å². The van der Waals surface area contributed by atoms with Crippen LogP contribution in [0, 0.1) is 0 Å². The lowest BCUT2D eigenvalue weighted by Gasteiger charge is -2.48. The summed E-state index contributed by atoms with van der Waals surface area (Å²) in [6.07, 6.45) is -0.453. The summed E-state index contributed by atoms with van der Waals surface area (Å²) in [7, 11) is 0. The Morgan fingerprint density at radius 3 is 2.08 bits per heavy atom. The second-order valence-corrected chi connectivity index (χ2v) is 9.45. The SMILES string of the molecule is CCCCOC[C@H]1O[C@H](C(F)(F)C[C@H](N)C(=O)OCC)[C@H](NC(C)=O)[C@@H](OCCCC)[C@H]1OCCCC. The molecule has 0 unspecified atom stereocenters. The molecule has 6 atom stereocenters. The number of rotatable bonds is 19. The molecule has 9 nitrogen and oxygen atoms in total. The highest BCUT2D eigenvalue weighted by atomic mass is 19.3. The number of hydrogen-bond donors (Lipinski definition) is 2. The number of carbonyl (C=O) groups excluding carboxylic acids is 2. The van der Waals surface area contributed by atoms with E-state index in [0.29, 0.717) is 26.2 Å². The van der Waals surface area contributed by atoms with Crippen LogP contribution in [0.4, 0.5) is 8.78 Å². The summed E-state index contributed by atoms with van der Waals surface area (Å²) in [5.74, 6) is -5.04. The highest BCUT2D eigenvalue weighted by Gasteiger charge is 2.57. The molecule has 1 rings (SSSR count). The third-order valence-corrected chi connectivity index (χ3v) is 6.10. The van der Waals surface area contributed by atoms with Crippen LogP contribution in [0.25, 0.3) is 0 Å². The lowest BCUT2D eigenvalue weighted by Crippen LogP contribution is -2.69. The minimum absolute atomic E-state index is 0.0216. The molecule has 11 heteroatoms. The fourth-order valence-electron chi connectivity index (χ4n) is 4.14. The van der Waals surface area contributed by atoms with Crippen LogP contribution in [0.1, 0.15) is 79.6 Å². The van der Waals surface area contributed by atoms with Crippen LogP contribution in [-0.2, 0) is 33.3 Å². The molecule has 3 N–H and O–H groups in total. The molecule has 1 heterocycles. The summed E-state index contributed by atoms with van der Waals surface area (Å²) >= 11 is 0. The zero-order valence-corrected chi connectivity index (χ0v) is 23.1. The van der Waals surface area contributed by atoms with E-state index in [9.17, 15) is 9.59 Å². The zero-order valence-electron chi connectivity index (χ0n) is 23.1. The van der Waals surface area contributed by atoms with Gasteiger partial charge in [-0.2, -0.15) is 0 Å². The quantitative estimate of drug-likeness (QED) is 0.190. The Morgan fingerprint density at radius 1 is 0.973 bits per heavy atom. The van der Waals surface area contributed by atoms with Crippen molar-refractivity contribution in [3.8, 4) is 0 Å². The molecule has 1 saturated heterocycles. The van der Waals surface area contributed by atoms with Gasteiger partial charge in [-0.25, -0.2) is 8.78 Å². The lowest BCUT2D eigenvalue weighted by molar-refractivity contribution is -0.271. The highest BCUT2D eigenvalue weighted by molar-refractivity contribution is 5.75. The molecule has 0 radical (unpaired) electrons. The van der Waals surface area contributed by atoms with Crippen molar-refractivity contribution in [2.24, 2.45) is 5.73 Å². The minimum atomic E-state index is -3.60. The molecule has 0 spiro atoms. The second-order valence-electron chi connectivity index (χ2n) is 9.45. The number of hydrogen-bond acceptors (Lipinski definition) is 8. The summed E-state index contributed by atoms with van der Waals surface area (Å²) in [5.41, 5.74) is 5.75. The van der Waals surface area contributed by atoms with Crippen LogP contribution in [0.5, 0.6) is 0 Å². The molecule has 37 heavy (non-hydrogen) atoms. The predicted molar refractivity (Wildman–Crippen MR) is 135 cm³/mol. The number of carbonyl (C=O) groups is 2. The van der Waals surface area contributed by atoms with Gasteiger partial charge in [-0.15, -0.1) is 0 Å². The molecule has 0 aromatic carbocycles. The third kappa shape index (κ3) is 11.5. The topological polar surface area (TPSA) is 118 Å². The average molecular weight is 539 g/mol. The first-order chi connectivity index (χ1) is 17.6. The Kier molecular flexibility index (Phi) is 16.3. The Morgan fingerprint density at radius 2 is 1.54 bits per heavy atom. The number of ether oxygens (including phenoxy) is 5. The lowest BCUT2D eigenvalue weighted by atomic mass is 9.87. The minimum Gasteiger partial charge on any atom is -0.465 e. The first kappa shape index (κ1) is 33.6. The van der Waals surface area contributed by atoms with Crippen LogP contribution in [-0.4, -0.2) is 87.3 Å². The van der Waals surface area contributed by atoms with Gasteiger partial charge in [-0.1, -0.05) is 40.0 Å². The fraction of sp³-hybridized carbons (Fsp3) is 0.923. The van der Waals surface area contributed by atoms with Crippen LogP contribution in [0.15, 0.2) is 0 Å². The van der Waals surface area contributed by atoms with Gasteiger partial charge in [-0.05, 0) is 26.2 Å². The maximum Gasteiger partial charge on any atom is 0.323 e. The van der Waals surface area contributed by atoms with Crippen LogP contribution >= 0.6 is 0 Å². The normalized spacial score (nSPS) is 25.0. The van der Waals surface area contributed by atoms with Gasteiger partial charge in [0.2, 0.25) is 5.91 Å². The predicted octanol–water partition coefficient (Wildman–Crippen LogP) is 3.36. The molecule has 1 aliphatic heterocycles. The van der Waals surface area contributed by atoms with Gasteiger partial charge in [0.25, 0.3) is 5.92 Å². The van der Waals surface area contributed by atoms with Crippen LogP contribution in [0.3, 0.4) is 0 Å². The number of unbranched alkanes of at least 4 members (excludes halogenated alkanes) is 3. The first-order valence-electron chi connectivity index (χ1n) is 13.7. The molecule has 0 bridgehead atoms. The molecule has 0 aromatic heterocycles. The monoisotopic (exact) mass is 538 g/mol. The number of alkyl halides is 2. The second kappa shape index (κ2) is 18.0. The molecule has 0 aliphatic carbocycles. The number of nitrogens with two attached hydrogens (primary N) is 1. The fourth-order valence-corrected chi connectivity index (χ4v) is 4.14. The Hall–Kier alpha value is -1.40. The first-order valence-corrected chi connectivity index (χ1v) is 13.7. The number of nitrogens with one attached hydrogen (secondary N) is 1. The van der Waals surface area contributed by atoms with E-state index in [1.165, 1.54) is 6.92 Å². The van der Waals surface area contributed by atoms with Crippen molar-refractivity contribution >= 4 is 11.9 Å². The van der Waals surface area contributed by atoms with E-state index < -0.39 is 60.7 Å². The maximum absolute atomic E-state index is 15.8. The van der Waals surface area contributed by atoms with Crippen LogP contribution in [0.2, 0.25) is 0 Å². The van der Waals surface area contributed by atoms with E-state index in [1.54, 1.807) is 6.92 Å². The van der Waals surface area contributed by atoms with Crippen LogP contribution < -0.4 is 11.1 Å². The van der Waals surface area contributed by atoms with Gasteiger partial charge in [0.1, 0.15) is 30.5 Å². The molecule has 1 fully saturated rings. The van der Waals surface area contributed by atoms with Gasteiger partial charge < -0.3 is 34.7 Å². The van der Waals surface area contributed by atoms with Gasteiger partial charge in [0.15, 0.2) is 0 Å². The number of halogens is 2. The highest BCUT2D eigenvalue weighted by Crippen LogP contribution is 2.37. The molecule has 1 aliphatic rings. The molecular weight excluding hydrogens is 490 g/mol. The summed E-state index contributed by atoms with van der Waals surface area (Å²) in [4.78, 5) is 24.1. The molecule has 218 valence electrons. The molecular formula is C26H48F2N2O7. The standard InChI is InChI=1S/C26H48F2N2O7/c1-6-10-13-33-17-20-22(35-14-11-7-2)23(36-15-12-8-3)21(30-18(5)31)24(37-20)26(27,28)16-19(29)25(32)34-9-4/h19-24H,6-17,29H2,1-5H3,(H,30,31)/t19-,20+,21+,22-,23+,24-/m0/s1. The van der Waals surface area contributed by atoms with Crippen molar-refractivity contribution in [1.29, 1.82) is 0 Å². The summed E-state index contributed by atoms with van der Waals surface area (Å²) in [6.45, 7) is 10.0. The van der Waals surface area contributed by atoms with Crippen molar-refractivity contribution in [3.63, 3.8) is 0 Å². The summed E-state index contributed by atoms with van der Waals surface area (Å²) in [6, 6.07) is -2.80. The van der Waals surface area contributed by atoms with E-state index in [-0.39, 0.29) is 13.2 Å². The number of esters is 1. The van der Waals surface area contributed by atoms with E-state index in [2.05, 4.69) is 5.32 Å². The Balaban J connectivity index is 3.36. The van der Waals surface area contributed by atoms with E-state index in [1.807, 2.05) is 20.8 Å². The van der Waals surface area contributed by atoms with Gasteiger partial charge >= 0.3 is 5.97 Å². The zero-order chi connectivity index (χ0) is 27.8. The van der Waals surface area contributed by atoms with E-state index >= 15 is 8.78 Å². The van der Waals surface area contributed by atoms with E-state index in [4.69, 9.17) is 29.4 Å². The smallest absolute Gasteiger partial charge is 0.323 e. The largest absolute Gasteiger partial charge is 0.465 e. The molecule has 0 aromatic rings.